The maximum atomic E-state index is 12.7. The van der Waals surface area contributed by atoms with E-state index in [4.69, 9.17) is 0 Å². The third-order valence-corrected chi connectivity index (χ3v) is 5.93. The Morgan fingerprint density at radius 2 is 2.27 bits per heavy atom. The van der Waals surface area contributed by atoms with Gasteiger partial charge in [0.2, 0.25) is 5.91 Å². The average Bonchev–Trinajstić information content (AvgIpc) is 2.83. The average molecular weight is 333 g/mol. The largest absolute Gasteiger partial charge is 0.329 e. The monoisotopic (exact) mass is 333 g/mol. The fraction of sp³-hybridized carbons (Fsp3) is 0.375. The summed E-state index contributed by atoms with van der Waals surface area (Å²) in [6, 6.07) is 8.19. The summed E-state index contributed by atoms with van der Waals surface area (Å²) in [6.45, 7) is 3.00. The summed E-state index contributed by atoms with van der Waals surface area (Å²) < 4.78 is 1.94. The summed E-state index contributed by atoms with van der Waals surface area (Å²) in [6.07, 6.45) is 4.66. The molecule has 0 N–H and O–H groups in total. The van der Waals surface area contributed by atoms with Crippen molar-refractivity contribution >= 4 is 35.1 Å². The Kier molecular flexibility index (Phi) is 4.78. The molecule has 2 aromatic rings. The van der Waals surface area contributed by atoms with Crippen molar-refractivity contribution in [2.45, 2.75) is 28.6 Å². The first-order valence-electron chi connectivity index (χ1n) is 7.31. The highest BCUT2D eigenvalue weighted by Gasteiger charge is 2.24. The summed E-state index contributed by atoms with van der Waals surface area (Å²) in [5.41, 5.74) is 1.04. The van der Waals surface area contributed by atoms with E-state index in [1.54, 1.807) is 6.20 Å². The van der Waals surface area contributed by atoms with Crippen LogP contribution in [-0.2, 0) is 11.8 Å². The Hall–Kier alpha value is -1.40. The van der Waals surface area contributed by atoms with Crippen LogP contribution in [0.25, 0.3) is 0 Å². The molecule has 0 radical (unpaired) electrons. The second-order valence-electron chi connectivity index (χ2n) is 5.34. The maximum absolute atomic E-state index is 12.7. The predicted octanol–water partition coefficient (Wildman–Crippen LogP) is 3.43. The van der Waals surface area contributed by atoms with Crippen molar-refractivity contribution in [3.63, 3.8) is 0 Å². The fourth-order valence-corrected chi connectivity index (χ4v) is 4.36. The molecule has 6 heteroatoms. The number of carbonyl (C=O) groups excluding carboxylic acids is 1. The van der Waals surface area contributed by atoms with Crippen LogP contribution in [0.5, 0.6) is 0 Å². The smallest absolute Gasteiger partial charge is 0.237 e. The van der Waals surface area contributed by atoms with Gasteiger partial charge in [-0.25, -0.2) is 4.98 Å². The van der Waals surface area contributed by atoms with E-state index in [0.29, 0.717) is 11.0 Å². The molecule has 1 aromatic carbocycles. The highest BCUT2D eigenvalue weighted by molar-refractivity contribution is 8.00. The second kappa shape index (κ2) is 6.79. The first kappa shape index (κ1) is 15.5. The second-order valence-corrected chi connectivity index (χ2v) is 7.76. The molecule has 1 aliphatic heterocycles. The van der Waals surface area contributed by atoms with E-state index in [1.165, 1.54) is 16.7 Å². The number of hydrogen-bond acceptors (Lipinski definition) is 4. The third-order valence-electron chi connectivity index (χ3n) is 3.65. The molecule has 0 fully saturated rings. The van der Waals surface area contributed by atoms with E-state index in [-0.39, 0.29) is 5.91 Å². The van der Waals surface area contributed by atoms with E-state index >= 15 is 0 Å². The number of imidazole rings is 1. The molecule has 1 amide bonds. The van der Waals surface area contributed by atoms with Gasteiger partial charge in [-0.2, -0.15) is 0 Å². The minimum atomic E-state index is 0.148. The Balaban J connectivity index is 1.75. The van der Waals surface area contributed by atoms with Gasteiger partial charge in [-0.15, -0.1) is 11.8 Å². The lowest BCUT2D eigenvalue weighted by Gasteiger charge is -2.22. The van der Waals surface area contributed by atoms with Crippen molar-refractivity contribution < 1.29 is 4.79 Å². The van der Waals surface area contributed by atoms with E-state index in [9.17, 15) is 4.79 Å². The van der Waals surface area contributed by atoms with Gasteiger partial charge in [-0.3, -0.25) is 4.79 Å². The number of carbonyl (C=O) groups is 1. The van der Waals surface area contributed by atoms with Crippen LogP contribution in [0.2, 0.25) is 0 Å². The molecule has 1 atom stereocenters. The number of nitrogens with zero attached hydrogens (tertiary/aromatic N) is 3. The molecule has 1 aliphatic rings. The zero-order valence-corrected chi connectivity index (χ0v) is 14.4. The van der Waals surface area contributed by atoms with Crippen LogP contribution in [0.4, 0.5) is 5.69 Å². The quantitative estimate of drug-likeness (QED) is 0.807. The topological polar surface area (TPSA) is 38.1 Å². The highest BCUT2D eigenvalue weighted by atomic mass is 32.2. The minimum absolute atomic E-state index is 0.148. The van der Waals surface area contributed by atoms with Gasteiger partial charge >= 0.3 is 0 Å². The summed E-state index contributed by atoms with van der Waals surface area (Å²) in [4.78, 5) is 20.1. The fourth-order valence-electron chi connectivity index (χ4n) is 2.44. The molecule has 3 rings (SSSR count). The Labute approximate surface area is 139 Å². The van der Waals surface area contributed by atoms with E-state index in [2.05, 4.69) is 18.0 Å². The third kappa shape index (κ3) is 3.33. The van der Waals surface area contributed by atoms with Gasteiger partial charge in [0.1, 0.15) is 0 Å². The lowest BCUT2D eigenvalue weighted by Crippen LogP contribution is -2.33. The zero-order valence-electron chi connectivity index (χ0n) is 12.7. The lowest BCUT2D eigenvalue weighted by atomic mass is 10.2. The molecule has 0 unspecified atom stereocenters. The number of aryl methyl sites for hydroxylation is 1. The highest BCUT2D eigenvalue weighted by Crippen LogP contribution is 2.37. The van der Waals surface area contributed by atoms with Crippen molar-refractivity contribution in [1.29, 1.82) is 0 Å². The van der Waals surface area contributed by atoms with Gasteiger partial charge in [-0.05, 0) is 18.6 Å². The van der Waals surface area contributed by atoms with Crippen LogP contribution >= 0.6 is 23.5 Å². The minimum Gasteiger partial charge on any atom is -0.329 e. The Morgan fingerprint density at radius 3 is 3.05 bits per heavy atom. The van der Waals surface area contributed by atoms with E-state index < -0.39 is 0 Å². The number of para-hydroxylation sites is 1. The first-order valence-corrected chi connectivity index (χ1v) is 9.18. The molecular weight excluding hydrogens is 314 g/mol. The predicted molar refractivity (Wildman–Crippen MR) is 92.7 cm³/mol. The van der Waals surface area contributed by atoms with Crippen LogP contribution < -0.4 is 4.90 Å². The van der Waals surface area contributed by atoms with Crippen molar-refractivity contribution in [1.82, 2.24) is 9.55 Å². The number of rotatable bonds is 3. The maximum Gasteiger partial charge on any atom is 0.237 e. The molecule has 0 saturated heterocycles. The molecule has 116 valence electrons. The molecule has 2 heterocycles. The van der Waals surface area contributed by atoms with Gasteiger partial charge in [0.05, 0.1) is 11.4 Å². The number of amides is 1. The molecule has 22 heavy (non-hydrogen) atoms. The van der Waals surface area contributed by atoms with Gasteiger partial charge < -0.3 is 9.47 Å². The molecule has 4 nitrogen and oxygen atoms in total. The zero-order chi connectivity index (χ0) is 15.5. The van der Waals surface area contributed by atoms with Crippen LogP contribution in [0.1, 0.15) is 13.3 Å². The van der Waals surface area contributed by atoms with Gasteiger partial charge in [0.15, 0.2) is 5.16 Å². The summed E-state index contributed by atoms with van der Waals surface area (Å²) in [5.74, 6) is 0.563. The van der Waals surface area contributed by atoms with Crippen molar-refractivity contribution in [3.8, 4) is 0 Å². The summed E-state index contributed by atoms with van der Waals surface area (Å²) in [5, 5.41) is 1.40. The number of fused-ring (bicyclic) bond motifs is 1. The summed E-state index contributed by atoms with van der Waals surface area (Å²) >= 11 is 3.35. The Bertz CT molecular complexity index is 671. The number of hydrogen-bond donors (Lipinski definition) is 0. The van der Waals surface area contributed by atoms with Crippen molar-refractivity contribution in [3.05, 3.63) is 36.7 Å². The number of aromatic nitrogens is 2. The normalized spacial score (nSPS) is 17.9. The number of anilines is 1. The number of thioether (sulfide) groups is 2. The molecule has 0 bridgehead atoms. The molecule has 0 saturated carbocycles. The van der Waals surface area contributed by atoms with Crippen LogP contribution in [0, 0.1) is 0 Å². The molecular formula is C16H19N3OS2. The van der Waals surface area contributed by atoms with Crippen molar-refractivity contribution in [2.24, 2.45) is 7.05 Å². The SMILES string of the molecule is C[C@@H]1CCN(C(=O)CSc2nccn2C)c2ccccc2S1. The van der Waals surface area contributed by atoms with E-state index in [1.807, 2.05) is 52.7 Å². The standard InChI is InChI=1S/C16H19N3OS2/c1-12-7-9-19(13-5-3-4-6-14(13)22-12)15(20)11-21-16-17-8-10-18(16)2/h3-6,8,10,12H,7,9,11H2,1-2H3/t12-/m1/s1. The van der Waals surface area contributed by atoms with Gasteiger partial charge in [0, 0.05) is 36.1 Å². The van der Waals surface area contributed by atoms with Crippen molar-refractivity contribution in [2.75, 3.05) is 17.2 Å². The summed E-state index contributed by atoms with van der Waals surface area (Å²) in [7, 11) is 1.94. The molecule has 0 aliphatic carbocycles. The molecule has 0 spiro atoms. The number of benzene rings is 1. The molecule has 1 aromatic heterocycles. The van der Waals surface area contributed by atoms with Crippen LogP contribution in [0.15, 0.2) is 46.7 Å². The van der Waals surface area contributed by atoms with Crippen LogP contribution in [-0.4, -0.2) is 33.0 Å². The van der Waals surface area contributed by atoms with Gasteiger partial charge in [-0.1, -0.05) is 30.8 Å². The first-order chi connectivity index (χ1) is 10.6. The Morgan fingerprint density at radius 1 is 1.45 bits per heavy atom. The lowest BCUT2D eigenvalue weighted by molar-refractivity contribution is -0.116. The van der Waals surface area contributed by atoms with Gasteiger partial charge in [0.25, 0.3) is 0 Å². The van der Waals surface area contributed by atoms with Crippen LogP contribution in [0.3, 0.4) is 0 Å². The van der Waals surface area contributed by atoms with E-state index in [0.717, 1.165) is 23.8 Å².